The lowest BCUT2D eigenvalue weighted by molar-refractivity contribution is -0.114. The van der Waals surface area contributed by atoms with Crippen molar-refractivity contribution in [2.45, 2.75) is 4.90 Å². The quantitative estimate of drug-likeness (QED) is 0.417. The maximum absolute atomic E-state index is 14.0. The molecule has 0 bridgehead atoms. The van der Waals surface area contributed by atoms with Gasteiger partial charge in [0, 0.05) is 17.2 Å². The van der Waals surface area contributed by atoms with Crippen LogP contribution in [0.1, 0.15) is 0 Å². The molecule has 0 aliphatic carbocycles. The van der Waals surface area contributed by atoms with E-state index in [1.807, 2.05) is 0 Å². The fourth-order valence-corrected chi connectivity index (χ4v) is 4.98. The van der Waals surface area contributed by atoms with E-state index in [2.05, 4.69) is 5.32 Å². The molecule has 3 aromatic rings. The van der Waals surface area contributed by atoms with Crippen LogP contribution in [-0.4, -0.2) is 28.0 Å². The van der Waals surface area contributed by atoms with Crippen LogP contribution in [-0.2, 0) is 14.8 Å². The number of methoxy groups -OCH3 is 1. The second-order valence-electron chi connectivity index (χ2n) is 6.58. The predicted molar refractivity (Wildman–Crippen MR) is 124 cm³/mol. The molecular weight excluding hydrogens is 521 g/mol. The zero-order valence-corrected chi connectivity index (χ0v) is 19.9. The second-order valence-corrected chi connectivity index (χ2v) is 9.69. The summed E-state index contributed by atoms with van der Waals surface area (Å²) in [4.78, 5) is 12.5. The molecule has 0 atom stereocenters. The van der Waals surface area contributed by atoms with Crippen molar-refractivity contribution in [3.63, 3.8) is 0 Å². The first-order valence-electron chi connectivity index (χ1n) is 9.09. The number of rotatable bonds is 7. The van der Waals surface area contributed by atoms with Crippen LogP contribution in [0.15, 0.2) is 59.5 Å². The molecule has 174 valence electrons. The Balaban J connectivity index is 2.05. The molecule has 33 heavy (non-hydrogen) atoms. The summed E-state index contributed by atoms with van der Waals surface area (Å²) in [5.74, 6) is -2.67. The van der Waals surface area contributed by atoms with E-state index in [0.717, 1.165) is 12.1 Å². The van der Waals surface area contributed by atoms with Crippen molar-refractivity contribution in [1.29, 1.82) is 0 Å². The molecule has 12 heteroatoms. The van der Waals surface area contributed by atoms with E-state index in [9.17, 15) is 22.0 Å². The van der Waals surface area contributed by atoms with Crippen LogP contribution < -0.4 is 14.4 Å². The first kappa shape index (κ1) is 25.0. The smallest absolute Gasteiger partial charge is 0.264 e. The Morgan fingerprint density at radius 1 is 1.00 bits per heavy atom. The molecule has 1 amide bonds. The molecule has 0 saturated carbocycles. The Kier molecular flexibility index (Phi) is 7.69. The highest BCUT2D eigenvalue weighted by atomic mass is 35.5. The highest BCUT2D eigenvalue weighted by Gasteiger charge is 2.30. The van der Waals surface area contributed by atoms with Crippen LogP contribution >= 0.6 is 34.8 Å². The normalized spacial score (nSPS) is 11.2. The summed E-state index contributed by atoms with van der Waals surface area (Å²) in [6, 6.07) is 10.3. The number of carbonyl (C=O) groups excluding carboxylic acids is 1. The Hall–Kier alpha value is -2.59. The topological polar surface area (TPSA) is 75.7 Å². The number of nitrogens with one attached hydrogen (secondary N) is 1. The fraction of sp³-hybridized carbons (Fsp3) is 0.0952. The van der Waals surface area contributed by atoms with E-state index in [4.69, 9.17) is 39.5 Å². The van der Waals surface area contributed by atoms with Crippen LogP contribution in [0.5, 0.6) is 5.75 Å². The van der Waals surface area contributed by atoms with Gasteiger partial charge in [0.25, 0.3) is 10.0 Å². The Morgan fingerprint density at radius 3 is 2.27 bits per heavy atom. The van der Waals surface area contributed by atoms with Crippen molar-refractivity contribution in [2.24, 2.45) is 0 Å². The molecule has 3 rings (SSSR count). The molecule has 0 heterocycles. The highest BCUT2D eigenvalue weighted by Crippen LogP contribution is 2.38. The largest absolute Gasteiger partial charge is 0.495 e. The molecule has 1 N–H and O–H groups in total. The minimum absolute atomic E-state index is 0.0842. The number of nitrogens with zero attached hydrogens (tertiary/aromatic N) is 1. The van der Waals surface area contributed by atoms with Gasteiger partial charge in [-0.25, -0.2) is 17.2 Å². The summed E-state index contributed by atoms with van der Waals surface area (Å²) in [7, 11) is -3.04. The van der Waals surface area contributed by atoms with Crippen molar-refractivity contribution in [3.8, 4) is 5.75 Å². The van der Waals surface area contributed by atoms with Crippen molar-refractivity contribution < 1.29 is 26.7 Å². The predicted octanol–water partition coefficient (Wildman–Crippen LogP) is 5.77. The van der Waals surface area contributed by atoms with Gasteiger partial charge in [-0.05, 0) is 42.5 Å². The standard InChI is InChI=1S/C21H15Cl3F2N2O4S/c1-32-20-10-19(15(23)9-16(20)24)28(33(30,31)14-5-2-12(22)3-6-14)11-21(29)27-18-7-4-13(25)8-17(18)26/h2-10H,11H2,1H3,(H,27,29). The average Bonchev–Trinajstić information content (AvgIpc) is 2.75. The molecule has 0 radical (unpaired) electrons. The number of halogens is 5. The summed E-state index contributed by atoms with van der Waals surface area (Å²) in [5, 5.41) is 2.56. The first-order valence-corrected chi connectivity index (χ1v) is 11.7. The van der Waals surface area contributed by atoms with E-state index < -0.39 is 34.1 Å². The van der Waals surface area contributed by atoms with Gasteiger partial charge in [-0.1, -0.05) is 34.8 Å². The average molecular weight is 536 g/mol. The fourth-order valence-electron chi connectivity index (χ4n) is 2.81. The Bertz CT molecular complexity index is 1310. The van der Waals surface area contributed by atoms with Gasteiger partial charge in [-0.15, -0.1) is 0 Å². The summed E-state index contributed by atoms with van der Waals surface area (Å²) < 4.78 is 59.8. The van der Waals surface area contributed by atoms with Crippen LogP contribution in [0.25, 0.3) is 0 Å². The first-order chi connectivity index (χ1) is 15.5. The molecule has 0 spiro atoms. The summed E-state index contributed by atoms with van der Waals surface area (Å²) in [6.07, 6.45) is 0. The number of anilines is 2. The molecule has 0 fully saturated rings. The maximum atomic E-state index is 14.0. The summed E-state index contributed by atoms with van der Waals surface area (Å²) >= 11 is 18.2. The third-order valence-corrected chi connectivity index (χ3v) is 7.01. The van der Waals surface area contributed by atoms with Gasteiger partial charge in [0.15, 0.2) is 0 Å². The minimum atomic E-state index is -4.36. The molecule has 0 aliphatic heterocycles. The lowest BCUT2D eigenvalue weighted by Gasteiger charge is -2.25. The van der Waals surface area contributed by atoms with Gasteiger partial charge in [0.05, 0.1) is 33.4 Å². The number of sulfonamides is 1. The van der Waals surface area contributed by atoms with Crippen LogP contribution in [0.2, 0.25) is 15.1 Å². The van der Waals surface area contributed by atoms with E-state index in [1.165, 1.54) is 43.5 Å². The van der Waals surface area contributed by atoms with E-state index >= 15 is 0 Å². The molecule has 0 unspecified atom stereocenters. The van der Waals surface area contributed by atoms with E-state index in [0.29, 0.717) is 15.4 Å². The van der Waals surface area contributed by atoms with Crippen LogP contribution in [0, 0.1) is 11.6 Å². The Labute approximate surface area is 203 Å². The number of benzene rings is 3. The number of ether oxygens (including phenoxy) is 1. The molecule has 0 saturated heterocycles. The molecule has 6 nitrogen and oxygen atoms in total. The van der Waals surface area contributed by atoms with Gasteiger partial charge in [0.2, 0.25) is 5.91 Å². The van der Waals surface area contributed by atoms with Crippen molar-refractivity contribution in [3.05, 3.63) is 81.3 Å². The van der Waals surface area contributed by atoms with Crippen LogP contribution in [0.3, 0.4) is 0 Å². The molecule has 3 aromatic carbocycles. The van der Waals surface area contributed by atoms with Gasteiger partial charge in [-0.2, -0.15) is 0 Å². The number of amides is 1. The lowest BCUT2D eigenvalue weighted by Crippen LogP contribution is -2.38. The van der Waals surface area contributed by atoms with Crippen molar-refractivity contribution >= 4 is 62.1 Å². The summed E-state index contributed by atoms with van der Waals surface area (Å²) in [5.41, 5.74) is -0.437. The monoisotopic (exact) mass is 534 g/mol. The third-order valence-electron chi connectivity index (χ3n) is 4.38. The number of hydrogen-bond acceptors (Lipinski definition) is 4. The molecule has 0 aliphatic rings. The number of hydrogen-bond donors (Lipinski definition) is 1. The van der Waals surface area contributed by atoms with Crippen molar-refractivity contribution in [1.82, 2.24) is 0 Å². The van der Waals surface area contributed by atoms with Crippen LogP contribution in [0.4, 0.5) is 20.2 Å². The van der Waals surface area contributed by atoms with Crippen molar-refractivity contribution in [2.75, 3.05) is 23.3 Å². The van der Waals surface area contributed by atoms with Gasteiger partial charge < -0.3 is 10.1 Å². The zero-order chi connectivity index (χ0) is 24.3. The second kappa shape index (κ2) is 10.1. The van der Waals surface area contributed by atoms with Gasteiger partial charge in [-0.3, -0.25) is 9.10 Å². The third kappa shape index (κ3) is 5.67. The number of carbonyl (C=O) groups is 1. The maximum Gasteiger partial charge on any atom is 0.264 e. The molecule has 0 aromatic heterocycles. The lowest BCUT2D eigenvalue weighted by atomic mass is 10.2. The SMILES string of the molecule is COc1cc(N(CC(=O)Nc2ccc(F)cc2F)S(=O)(=O)c2ccc(Cl)cc2)c(Cl)cc1Cl. The molecular formula is C21H15Cl3F2N2O4S. The van der Waals surface area contributed by atoms with E-state index in [1.54, 1.807) is 0 Å². The summed E-state index contributed by atoms with van der Waals surface area (Å²) in [6.45, 7) is -0.799. The van der Waals surface area contributed by atoms with Gasteiger partial charge >= 0.3 is 0 Å². The highest BCUT2D eigenvalue weighted by molar-refractivity contribution is 7.92. The zero-order valence-electron chi connectivity index (χ0n) is 16.8. The Morgan fingerprint density at radius 2 is 1.67 bits per heavy atom. The van der Waals surface area contributed by atoms with Gasteiger partial charge in [0.1, 0.15) is 23.9 Å². The van der Waals surface area contributed by atoms with E-state index in [-0.39, 0.29) is 32.1 Å². The minimum Gasteiger partial charge on any atom is -0.495 e.